The highest BCUT2D eigenvalue weighted by Crippen LogP contribution is 2.21. The number of aromatic nitrogens is 2. The van der Waals surface area contributed by atoms with Crippen LogP contribution in [0.25, 0.3) is 10.9 Å². The quantitative estimate of drug-likeness (QED) is 0.872. The van der Waals surface area contributed by atoms with Crippen LogP contribution in [0.5, 0.6) is 0 Å². The number of hydrogen-bond donors (Lipinski definition) is 1. The number of hydrogen-bond acceptors (Lipinski definition) is 2. The molecular formula is C12H13ClN2O. The van der Waals surface area contributed by atoms with Crippen molar-refractivity contribution in [1.82, 2.24) is 9.97 Å². The molecule has 1 aromatic heterocycles. The number of aromatic amines is 1. The molecular weight excluding hydrogens is 224 g/mol. The third-order valence-electron chi connectivity index (χ3n) is 2.56. The van der Waals surface area contributed by atoms with Crippen molar-refractivity contribution in [3.63, 3.8) is 0 Å². The van der Waals surface area contributed by atoms with E-state index in [4.69, 9.17) is 11.6 Å². The molecule has 0 spiro atoms. The van der Waals surface area contributed by atoms with Crippen molar-refractivity contribution in [3.8, 4) is 0 Å². The second-order valence-electron chi connectivity index (χ2n) is 3.85. The Kier molecular flexibility index (Phi) is 2.97. The Morgan fingerprint density at radius 2 is 2.19 bits per heavy atom. The number of rotatable bonds is 2. The Morgan fingerprint density at radius 1 is 1.44 bits per heavy atom. The summed E-state index contributed by atoms with van der Waals surface area (Å²) in [6.45, 7) is 3.93. The summed E-state index contributed by atoms with van der Waals surface area (Å²) >= 11 is 6.06. The first-order chi connectivity index (χ1) is 7.63. The first-order valence-electron chi connectivity index (χ1n) is 5.31. The van der Waals surface area contributed by atoms with Gasteiger partial charge in [-0.1, -0.05) is 24.6 Å². The molecule has 0 unspecified atom stereocenters. The van der Waals surface area contributed by atoms with Crippen LogP contribution in [0.2, 0.25) is 5.02 Å². The highest BCUT2D eigenvalue weighted by molar-refractivity contribution is 6.35. The molecule has 1 aromatic carbocycles. The van der Waals surface area contributed by atoms with Crippen molar-refractivity contribution in [1.29, 1.82) is 0 Å². The Bertz CT molecular complexity index is 589. The number of halogens is 1. The van der Waals surface area contributed by atoms with Gasteiger partial charge in [0, 0.05) is 6.42 Å². The van der Waals surface area contributed by atoms with Gasteiger partial charge in [0.25, 0.3) is 5.56 Å². The zero-order valence-corrected chi connectivity index (χ0v) is 10.1. The van der Waals surface area contributed by atoms with E-state index in [2.05, 4.69) is 9.97 Å². The number of aryl methyl sites for hydroxylation is 2. The number of nitrogens with one attached hydrogen (secondary N) is 1. The zero-order chi connectivity index (χ0) is 11.7. The molecule has 0 fully saturated rings. The topological polar surface area (TPSA) is 45.8 Å². The summed E-state index contributed by atoms with van der Waals surface area (Å²) in [6, 6.07) is 3.61. The molecule has 2 rings (SSSR count). The molecule has 0 aliphatic carbocycles. The van der Waals surface area contributed by atoms with Gasteiger partial charge in [0.15, 0.2) is 0 Å². The lowest BCUT2D eigenvalue weighted by atomic mass is 10.1. The highest BCUT2D eigenvalue weighted by atomic mass is 35.5. The van der Waals surface area contributed by atoms with Crippen LogP contribution in [0.3, 0.4) is 0 Å². The summed E-state index contributed by atoms with van der Waals surface area (Å²) < 4.78 is 0. The number of fused-ring (bicyclic) bond motifs is 1. The van der Waals surface area contributed by atoms with Crippen molar-refractivity contribution in [2.24, 2.45) is 0 Å². The summed E-state index contributed by atoms with van der Waals surface area (Å²) in [6.07, 6.45) is 1.70. The summed E-state index contributed by atoms with van der Waals surface area (Å²) in [4.78, 5) is 19.1. The van der Waals surface area contributed by atoms with E-state index in [9.17, 15) is 4.79 Å². The lowest BCUT2D eigenvalue weighted by Crippen LogP contribution is -2.13. The minimum atomic E-state index is -0.103. The maximum Gasteiger partial charge on any atom is 0.259 e. The lowest BCUT2D eigenvalue weighted by Gasteiger charge is -2.05. The average molecular weight is 237 g/mol. The Morgan fingerprint density at radius 3 is 2.88 bits per heavy atom. The predicted molar refractivity (Wildman–Crippen MR) is 66.1 cm³/mol. The maximum atomic E-state index is 11.9. The summed E-state index contributed by atoms with van der Waals surface area (Å²) in [7, 11) is 0. The first-order valence-corrected chi connectivity index (χ1v) is 5.69. The van der Waals surface area contributed by atoms with Crippen LogP contribution >= 0.6 is 11.6 Å². The lowest BCUT2D eigenvalue weighted by molar-refractivity contribution is 0.837. The minimum Gasteiger partial charge on any atom is -0.310 e. The maximum absolute atomic E-state index is 11.9. The van der Waals surface area contributed by atoms with E-state index in [0.717, 1.165) is 18.4 Å². The smallest absolute Gasteiger partial charge is 0.259 e. The molecule has 0 saturated heterocycles. The molecule has 2 aromatic rings. The molecule has 0 saturated carbocycles. The van der Waals surface area contributed by atoms with Gasteiger partial charge in [0.05, 0.1) is 15.9 Å². The van der Waals surface area contributed by atoms with Crippen LogP contribution in [0.4, 0.5) is 0 Å². The van der Waals surface area contributed by atoms with Gasteiger partial charge < -0.3 is 4.98 Å². The van der Waals surface area contributed by atoms with Crippen LogP contribution in [0.15, 0.2) is 16.9 Å². The van der Waals surface area contributed by atoms with Crippen LogP contribution < -0.4 is 5.56 Å². The van der Waals surface area contributed by atoms with Crippen molar-refractivity contribution in [2.75, 3.05) is 0 Å². The first kappa shape index (κ1) is 11.1. The number of H-pyrrole nitrogens is 1. The van der Waals surface area contributed by atoms with Crippen LogP contribution in [-0.4, -0.2) is 9.97 Å². The molecule has 0 aliphatic heterocycles. The number of benzene rings is 1. The molecule has 0 aliphatic rings. The Labute approximate surface area is 98.5 Å². The second-order valence-corrected chi connectivity index (χ2v) is 4.26. The molecule has 4 heteroatoms. The van der Waals surface area contributed by atoms with Crippen molar-refractivity contribution < 1.29 is 0 Å². The van der Waals surface area contributed by atoms with Gasteiger partial charge >= 0.3 is 0 Å². The van der Waals surface area contributed by atoms with Crippen LogP contribution in [-0.2, 0) is 6.42 Å². The van der Waals surface area contributed by atoms with Crippen LogP contribution in [0, 0.1) is 6.92 Å². The molecule has 84 valence electrons. The summed E-state index contributed by atoms with van der Waals surface area (Å²) in [5.74, 6) is 0.701. The van der Waals surface area contributed by atoms with Crippen molar-refractivity contribution in [2.45, 2.75) is 26.7 Å². The standard InChI is InChI=1S/C12H13ClN2O/c1-3-4-9-14-11-8(13)6-5-7(2)10(11)12(16)15-9/h5-6H,3-4H2,1-2H3,(H,14,15,16). The van der Waals surface area contributed by atoms with Gasteiger partial charge in [-0.3, -0.25) is 4.79 Å². The fraction of sp³-hybridized carbons (Fsp3) is 0.333. The third kappa shape index (κ3) is 1.83. The molecule has 0 bridgehead atoms. The van der Waals surface area contributed by atoms with Crippen LogP contribution in [0.1, 0.15) is 24.7 Å². The van der Waals surface area contributed by atoms with E-state index in [1.807, 2.05) is 19.9 Å². The fourth-order valence-corrected chi connectivity index (χ4v) is 1.97. The molecule has 3 nitrogen and oxygen atoms in total. The van der Waals surface area contributed by atoms with Gasteiger partial charge in [0.1, 0.15) is 5.82 Å². The summed E-state index contributed by atoms with van der Waals surface area (Å²) in [5.41, 5.74) is 1.40. The molecule has 0 atom stereocenters. The molecule has 0 amide bonds. The minimum absolute atomic E-state index is 0.103. The zero-order valence-electron chi connectivity index (χ0n) is 9.30. The van der Waals surface area contributed by atoms with Gasteiger partial charge in [-0.15, -0.1) is 0 Å². The monoisotopic (exact) mass is 236 g/mol. The molecule has 0 radical (unpaired) electrons. The van der Waals surface area contributed by atoms with E-state index >= 15 is 0 Å². The third-order valence-corrected chi connectivity index (χ3v) is 2.86. The largest absolute Gasteiger partial charge is 0.310 e. The second kappa shape index (κ2) is 4.26. The SMILES string of the molecule is CCCc1nc2c(Cl)ccc(C)c2c(=O)[nH]1. The van der Waals surface area contributed by atoms with Gasteiger partial charge in [-0.2, -0.15) is 0 Å². The van der Waals surface area contributed by atoms with E-state index in [1.165, 1.54) is 0 Å². The van der Waals surface area contributed by atoms with E-state index in [0.29, 0.717) is 21.7 Å². The van der Waals surface area contributed by atoms with E-state index < -0.39 is 0 Å². The van der Waals surface area contributed by atoms with Crippen molar-refractivity contribution in [3.05, 3.63) is 38.9 Å². The van der Waals surface area contributed by atoms with E-state index in [1.54, 1.807) is 6.07 Å². The molecule has 1 N–H and O–H groups in total. The number of nitrogens with zero attached hydrogens (tertiary/aromatic N) is 1. The Hall–Kier alpha value is -1.35. The van der Waals surface area contributed by atoms with E-state index in [-0.39, 0.29) is 5.56 Å². The normalized spacial score (nSPS) is 10.9. The fourth-order valence-electron chi connectivity index (χ4n) is 1.77. The Balaban J connectivity index is 2.81. The molecule has 1 heterocycles. The highest BCUT2D eigenvalue weighted by Gasteiger charge is 2.09. The van der Waals surface area contributed by atoms with Gasteiger partial charge in [-0.25, -0.2) is 4.98 Å². The van der Waals surface area contributed by atoms with Crippen molar-refractivity contribution >= 4 is 22.5 Å². The predicted octanol–water partition coefficient (Wildman–Crippen LogP) is 2.84. The summed E-state index contributed by atoms with van der Waals surface area (Å²) in [5, 5.41) is 1.12. The molecule has 16 heavy (non-hydrogen) atoms. The average Bonchev–Trinajstić information content (AvgIpc) is 2.23. The van der Waals surface area contributed by atoms with Gasteiger partial charge in [-0.05, 0) is 25.0 Å². The van der Waals surface area contributed by atoms with Gasteiger partial charge in [0.2, 0.25) is 0 Å².